The molecule has 0 amide bonds. The lowest BCUT2D eigenvalue weighted by atomic mass is 9.99. The van der Waals surface area contributed by atoms with Crippen molar-refractivity contribution in [3.8, 4) is 6.07 Å². The lowest BCUT2D eigenvalue weighted by molar-refractivity contribution is -0.402. The summed E-state index contributed by atoms with van der Waals surface area (Å²) in [6, 6.07) is 11.4. The molecule has 3 unspecified atom stereocenters. The maximum absolute atomic E-state index is 11.0. The summed E-state index contributed by atoms with van der Waals surface area (Å²) in [6.07, 6.45) is 3.33. The molecule has 1 saturated heterocycles. The molecule has 0 radical (unpaired) electrons. The third-order valence-corrected chi connectivity index (χ3v) is 5.97. The third-order valence-electron chi connectivity index (χ3n) is 5.07. The van der Waals surface area contributed by atoms with E-state index in [-0.39, 0.29) is 17.2 Å². The van der Waals surface area contributed by atoms with Crippen LogP contribution in [0.25, 0.3) is 5.70 Å². The SMILES string of the molecule is CSC1NN2C(c3ccc(C)cc3C)=CC(c3ccc([N+](=O)[O-])o3)=NC2C1C#N. The number of aryl methyl sites for hydroxylation is 2. The van der Waals surface area contributed by atoms with Gasteiger partial charge in [0.25, 0.3) is 0 Å². The Labute approximate surface area is 172 Å². The molecule has 2 aliphatic rings. The van der Waals surface area contributed by atoms with Gasteiger partial charge in [0.05, 0.1) is 23.2 Å². The largest absolute Gasteiger partial charge is 0.433 e. The molecule has 1 aromatic carbocycles. The van der Waals surface area contributed by atoms with Gasteiger partial charge in [0.1, 0.15) is 16.6 Å². The Morgan fingerprint density at radius 2 is 2.14 bits per heavy atom. The summed E-state index contributed by atoms with van der Waals surface area (Å²) >= 11 is 1.56. The smallest absolute Gasteiger partial charge is 0.399 e. The van der Waals surface area contributed by atoms with Crippen LogP contribution in [-0.4, -0.2) is 33.4 Å². The number of rotatable bonds is 4. The van der Waals surface area contributed by atoms with Crippen LogP contribution in [0.15, 0.2) is 45.8 Å². The fraction of sp³-hybridized carbons (Fsp3) is 0.300. The number of aliphatic imine (C=N–C) groups is 1. The molecule has 3 heterocycles. The first-order valence-electron chi connectivity index (χ1n) is 9.02. The van der Waals surface area contributed by atoms with Crippen molar-refractivity contribution < 1.29 is 9.34 Å². The number of hydrogen-bond donors (Lipinski definition) is 1. The number of nitriles is 1. The van der Waals surface area contributed by atoms with Gasteiger partial charge in [-0.1, -0.05) is 23.8 Å². The lowest BCUT2D eigenvalue weighted by Crippen LogP contribution is -2.39. The topological polar surface area (TPSA) is 108 Å². The zero-order valence-corrected chi connectivity index (χ0v) is 16.9. The van der Waals surface area contributed by atoms with Crippen LogP contribution in [0.2, 0.25) is 0 Å². The van der Waals surface area contributed by atoms with Gasteiger partial charge in [-0.3, -0.25) is 20.1 Å². The van der Waals surface area contributed by atoms with Crippen molar-refractivity contribution in [1.82, 2.24) is 10.4 Å². The highest BCUT2D eigenvalue weighted by Gasteiger charge is 2.45. The number of hydrogen-bond acceptors (Lipinski definition) is 8. The van der Waals surface area contributed by atoms with E-state index in [2.05, 4.69) is 17.6 Å². The van der Waals surface area contributed by atoms with Crippen molar-refractivity contribution in [1.29, 1.82) is 5.26 Å². The molecule has 2 aliphatic heterocycles. The van der Waals surface area contributed by atoms with E-state index in [1.807, 2.05) is 43.3 Å². The lowest BCUT2D eigenvalue weighted by Gasteiger charge is -2.31. The summed E-state index contributed by atoms with van der Waals surface area (Å²) in [5.41, 5.74) is 7.97. The van der Waals surface area contributed by atoms with Crippen LogP contribution >= 0.6 is 11.8 Å². The Morgan fingerprint density at radius 1 is 1.34 bits per heavy atom. The van der Waals surface area contributed by atoms with Gasteiger partial charge >= 0.3 is 5.88 Å². The van der Waals surface area contributed by atoms with E-state index < -0.39 is 11.1 Å². The Balaban J connectivity index is 1.85. The summed E-state index contributed by atoms with van der Waals surface area (Å²) < 4.78 is 5.39. The highest BCUT2D eigenvalue weighted by Crippen LogP contribution is 2.38. The number of allylic oxidation sites excluding steroid dienone is 1. The van der Waals surface area contributed by atoms with E-state index in [0.717, 1.165) is 22.4 Å². The molecular formula is C20H19N5O3S. The second kappa shape index (κ2) is 7.39. The predicted molar refractivity (Wildman–Crippen MR) is 111 cm³/mol. The summed E-state index contributed by atoms with van der Waals surface area (Å²) in [4.78, 5) is 15.1. The minimum Gasteiger partial charge on any atom is -0.399 e. The van der Waals surface area contributed by atoms with Gasteiger partial charge in [-0.15, -0.1) is 11.8 Å². The van der Waals surface area contributed by atoms with Gasteiger partial charge in [0.2, 0.25) is 0 Å². The molecular weight excluding hydrogens is 390 g/mol. The van der Waals surface area contributed by atoms with Crippen LogP contribution in [0, 0.1) is 41.2 Å². The first-order valence-corrected chi connectivity index (χ1v) is 10.3. The summed E-state index contributed by atoms with van der Waals surface area (Å²) in [6.45, 7) is 4.07. The molecule has 3 atom stereocenters. The molecule has 1 aromatic heterocycles. The van der Waals surface area contributed by atoms with Crippen LogP contribution < -0.4 is 5.43 Å². The van der Waals surface area contributed by atoms with Crippen molar-refractivity contribution in [2.24, 2.45) is 10.9 Å². The zero-order chi connectivity index (χ0) is 20.7. The average molecular weight is 409 g/mol. The molecule has 0 saturated carbocycles. The van der Waals surface area contributed by atoms with E-state index in [1.54, 1.807) is 17.8 Å². The highest BCUT2D eigenvalue weighted by molar-refractivity contribution is 7.99. The molecule has 0 bridgehead atoms. The average Bonchev–Trinajstić information content (AvgIpc) is 3.32. The number of fused-ring (bicyclic) bond motifs is 1. The van der Waals surface area contributed by atoms with E-state index in [1.165, 1.54) is 6.07 Å². The Hall–Kier alpha value is -3.09. The standard InChI is InChI=1S/C20H19N5O3S/c1-11-4-5-13(12(2)8-11)16-9-15(17-6-7-18(28-17)25(26)27)22-19-14(10-21)20(29-3)23-24(16)19/h4-9,14,19-20,23H,1-3H3. The molecule has 2 aromatic rings. The summed E-state index contributed by atoms with van der Waals surface area (Å²) in [5.74, 6) is -0.419. The van der Waals surface area contributed by atoms with Gasteiger partial charge < -0.3 is 4.42 Å². The number of benzene rings is 1. The van der Waals surface area contributed by atoms with Crippen molar-refractivity contribution in [2.45, 2.75) is 25.4 Å². The number of thioether (sulfide) groups is 1. The Kier molecular flexibility index (Phi) is 4.90. The van der Waals surface area contributed by atoms with Gasteiger partial charge in [-0.05, 0) is 37.8 Å². The summed E-state index contributed by atoms with van der Waals surface area (Å²) in [7, 11) is 0. The molecule has 1 fully saturated rings. The van der Waals surface area contributed by atoms with Gasteiger partial charge in [0.15, 0.2) is 11.9 Å². The third kappa shape index (κ3) is 3.30. The zero-order valence-electron chi connectivity index (χ0n) is 16.1. The van der Waals surface area contributed by atoms with Crippen molar-refractivity contribution in [2.75, 3.05) is 6.26 Å². The van der Waals surface area contributed by atoms with E-state index in [0.29, 0.717) is 11.5 Å². The number of nitrogens with zero attached hydrogens (tertiary/aromatic N) is 4. The first kappa shape index (κ1) is 19.2. The van der Waals surface area contributed by atoms with E-state index in [4.69, 9.17) is 9.41 Å². The summed E-state index contributed by atoms with van der Waals surface area (Å²) in [5, 5.41) is 22.6. The monoisotopic (exact) mass is 409 g/mol. The normalized spacial score (nSPS) is 23.2. The molecule has 29 heavy (non-hydrogen) atoms. The molecule has 9 heteroatoms. The van der Waals surface area contributed by atoms with Crippen molar-refractivity contribution >= 4 is 29.1 Å². The number of nitro groups is 1. The first-order chi connectivity index (χ1) is 13.9. The second-order valence-electron chi connectivity index (χ2n) is 6.98. The Morgan fingerprint density at radius 3 is 2.76 bits per heavy atom. The van der Waals surface area contributed by atoms with Crippen molar-refractivity contribution in [3.63, 3.8) is 0 Å². The van der Waals surface area contributed by atoms with E-state index >= 15 is 0 Å². The van der Waals surface area contributed by atoms with Crippen LogP contribution in [-0.2, 0) is 0 Å². The van der Waals surface area contributed by atoms with E-state index in [9.17, 15) is 15.4 Å². The maximum Gasteiger partial charge on any atom is 0.433 e. The Bertz CT molecular complexity index is 1080. The highest BCUT2D eigenvalue weighted by atomic mass is 32.2. The molecule has 1 N–H and O–H groups in total. The quantitative estimate of drug-likeness (QED) is 0.607. The van der Waals surface area contributed by atoms with Crippen LogP contribution in [0.5, 0.6) is 0 Å². The van der Waals surface area contributed by atoms with Crippen LogP contribution in [0.4, 0.5) is 5.88 Å². The van der Waals surface area contributed by atoms with Gasteiger partial charge in [-0.2, -0.15) is 5.26 Å². The fourth-order valence-corrected chi connectivity index (χ4v) is 4.39. The number of hydrazine groups is 1. The minimum absolute atomic E-state index is 0.117. The number of nitrogens with one attached hydrogen (secondary N) is 1. The predicted octanol–water partition coefficient (Wildman–Crippen LogP) is 3.62. The van der Waals surface area contributed by atoms with Crippen LogP contribution in [0.3, 0.4) is 0 Å². The molecule has 0 spiro atoms. The molecule has 8 nitrogen and oxygen atoms in total. The fourth-order valence-electron chi connectivity index (χ4n) is 3.68. The van der Waals surface area contributed by atoms with Crippen molar-refractivity contribution in [3.05, 3.63) is 69.0 Å². The minimum atomic E-state index is -0.576. The molecule has 0 aliphatic carbocycles. The molecule has 4 rings (SSSR count). The van der Waals surface area contributed by atoms with Gasteiger partial charge in [0, 0.05) is 5.56 Å². The second-order valence-corrected chi connectivity index (χ2v) is 7.96. The van der Waals surface area contributed by atoms with Gasteiger partial charge in [-0.25, -0.2) is 5.43 Å². The molecule has 148 valence electrons. The number of furan rings is 1. The maximum atomic E-state index is 11.0. The van der Waals surface area contributed by atoms with Crippen LogP contribution in [0.1, 0.15) is 22.5 Å².